The van der Waals surface area contributed by atoms with Gasteiger partial charge in [0, 0.05) is 23.7 Å². The van der Waals surface area contributed by atoms with Crippen molar-refractivity contribution in [1.29, 1.82) is 0 Å². The van der Waals surface area contributed by atoms with Gasteiger partial charge in [0.25, 0.3) is 10.0 Å². The summed E-state index contributed by atoms with van der Waals surface area (Å²) in [5.41, 5.74) is 2.74. The van der Waals surface area contributed by atoms with E-state index in [1.165, 1.54) is 37.3 Å². The van der Waals surface area contributed by atoms with Crippen molar-refractivity contribution in [3.05, 3.63) is 82.4 Å². The van der Waals surface area contributed by atoms with Gasteiger partial charge in [0.2, 0.25) is 11.8 Å². The third-order valence-electron chi connectivity index (χ3n) is 7.37. The fraction of sp³-hybridized carbons (Fsp3) is 0.394. The molecule has 9 nitrogen and oxygen atoms in total. The van der Waals surface area contributed by atoms with Gasteiger partial charge in [0.15, 0.2) is 11.5 Å². The molecule has 2 atom stereocenters. The van der Waals surface area contributed by atoms with Crippen LogP contribution in [0.1, 0.15) is 50.3 Å². The van der Waals surface area contributed by atoms with Crippen LogP contribution in [0.15, 0.2) is 65.6 Å². The van der Waals surface area contributed by atoms with E-state index in [1.807, 2.05) is 40.7 Å². The summed E-state index contributed by atoms with van der Waals surface area (Å²) >= 11 is 6.10. The Morgan fingerprint density at radius 2 is 1.50 bits per heavy atom. The summed E-state index contributed by atoms with van der Waals surface area (Å²) < 4.78 is 40.3. The van der Waals surface area contributed by atoms with E-state index in [1.54, 1.807) is 36.4 Å². The molecule has 0 saturated carbocycles. The first kappa shape index (κ1) is 34.7. The highest BCUT2D eigenvalue weighted by Crippen LogP contribution is 2.33. The van der Waals surface area contributed by atoms with Crippen LogP contribution < -0.4 is 19.1 Å². The molecule has 0 aliphatic rings. The average molecular weight is 644 g/mol. The van der Waals surface area contributed by atoms with Crippen LogP contribution in [0.3, 0.4) is 0 Å². The molecule has 2 amide bonds. The third kappa shape index (κ3) is 8.45. The molecule has 0 radical (unpaired) electrons. The Morgan fingerprint density at radius 1 is 0.886 bits per heavy atom. The first-order valence-electron chi connectivity index (χ1n) is 14.5. The summed E-state index contributed by atoms with van der Waals surface area (Å²) in [5, 5.41) is 3.52. The minimum absolute atomic E-state index is 0.0760. The molecular formula is C33H42ClN3O6S. The van der Waals surface area contributed by atoms with Gasteiger partial charge in [-0.25, -0.2) is 8.42 Å². The number of ether oxygens (including phenoxy) is 2. The number of carbonyl (C=O) groups excluding carboxylic acids is 2. The van der Waals surface area contributed by atoms with Crippen LogP contribution in [0.25, 0.3) is 0 Å². The number of anilines is 1. The van der Waals surface area contributed by atoms with E-state index in [0.717, 1.165) is 27.4 Å². The molecular weight excluding hydrogens is 602 g/mol. The van der Waals surface area contributed by atoms with Gasteiger partial charge < -0.3 is 19.7 Å². The second-order valence-corrected chi connectivity index (χ2v) is 13.1. The van der Waals surface area contributed by atoms with Crippen LogP contribution in [0, 0.1) is 13.8 Å². The molecule has 0 saturated heterocycles. The zero-order valence-electron chi connectivity index (χ0n) is 26.4. The summed E-state index contributed by atoms with van der Waals surface area (Å²) in [5.74, 6) is -0.232. The van der Waals surface area contributed by atoms with Gasteiger partial charge in [-0.1, -0.05) is 43.6 Å². The first-order valence-corrected chi connectivity index (χ1v) is 16.3. The lowest BCUT2D eigenvalue weighted by atomic mass is 10.1. The number of rotatable bonds is 14. The Labute approximate surface area is 266 Å². The lowest BCUT2D eigenvalue weighted by Crippen LogP contribution is -2.53. The van der Waals surface area contributed by atoms with Crippen molar-refractivity contribution in [3.63, 3.8) is 0 Å². The molecule has 2 unspecified atom stereocenters. The highest BCUT2D eigenvalue weighted by atomic mass is 35.5. The van der Waals surface area contributed by atoms with Gasteiger partial charge in [-0.3, -0.25) is 13.9 Å². The highest BCUT2D eigenvalue weighted by molar-refractivity contribution is 7.92. The molecule has 0 fully saturated rings. The molecule has 11 heteroatoms. The second kappa shape index (κ2) is 15.3. The van der Waals surface area contributed by atoms with Gasteiger partial charge in [0.05, 0.1) is 24.8 Å². The summed E-state index contributed by atoms with van der Waals surface area (Å²) in [6.45, 7) is 8.94. The molecule has 0 aromatic heterocycles. The van der Waals surface area contributed by atoms with Crippen molar-refractivity contribution < 1.29 is 27.5 Å². The first-order chi connectivity index (χ1) is 20.8. The molecule has 0 bridgehead atoms. The Kier molecular flexibility index (Phi) is 12.1. The van der Waals surface area contributed by atoms with Crippen LogP contribution in [0.2, 0.25) is 5.02 Å². The third-order valence-corrected chi connectivity index (χ3v) is 9.39. The molecule has 0 aliphatic heterocycles. The predicted octanol–water partition coefficient (Wildman–Crippen LogP) is 5.89. The van der Waals surface area contributed by atoms with Crippen molar-refractivity contribution in [3.8, 4) is 11.5 Å². The molecule has 44 heavy (non-hydrogen) atoms. The fourth-order valence-electron chi connectivity index (χ4n) is 4.87. The van der Waals surface area contributed by atoms with Crippen molar-refractivity contribution in [2.24, 2.45) is 0 Å². The number of benzene rings is 3. The summed E-state index contributed by atoms with van der Waals surface area (Å²) in [6, 6.07) is 15.7. The molecule has 238 valence electrons. The molecule has 0 spiro atoms. The summed E-state index contributed by atoms with van der Waals surface area (Å²) in [4.78, 5) is 29.1. The minimum atomic E-state index is -4.30. The number of sulfonamides is 1. The van der Waals surface area contributed by atoms with Gasteiger partial charge in [0.1, 0.15) is 12.6 Å². The van der Waals surface area contributed by atoms with E-state index >= 15 is 0 Å². The van der Waals surface area contributed by atoms with Crippen molar-refractivity contribution in [1.82, 2.24) is 10.2 Å². The fourth-order valence-corrected chi connectivity index (χ4v) is 6.41. The Balaban J connectivity index is 2.13. The maximum absolute atomic E-state index is 14.3. The zero-order valence-corrected chi connectivity index (χ0v) is 28.0. The molecule has 3 rings (SSSR count). The number of halogens is 1. The second-order valence-electron chi connectivity index (χ2n) is 10.8. The number of carbonyl (C=O) groups is 2. The van der Waals surface area contributed by atoms with Gasteiger partial charge in [-0.2, -0.15) is 0 Å². The predicted molar refractivity (Wildman–Crippen MR) is 174 cm³/mol. The van der Waals surface area contributed by atoms with Crippen molar-refractivity contribution >= 4 is 39.1 Å². The minimum Gasteiger partial charge on any atom is -0.493 e. The quantitative estimate of drug-likeness (QED) is 0.235. The monoisotopic (exact) mass is 643 g/mol. The van der Waals surface area contributed by atoms with E-state index in [9.17, 15) is 18.0 Å². The normalized spacial score (nSPS) is 12.6. The summed E-state index contributed by atoms with van der Waals surface area (Å²) in [6.07, 6.45) is 1.05. The topological polar surface area (TPSA) is 105 Å². The Bertz CT molecular complexity index is 1540. The van der Waals surface area contributed by atoms with Crippen LogP contribution in [0.4, 0.5) is 5.69 Å². The van der Waals surface area contributed by atoms with Gasteiger partial charge >= 0.3 is 0 Å². The van der Waals surface area contributed by atoms with Crippen molar-refractivity contribution in [2.45, 2.75) is 71.0 Å². The Morgan fingerprint density at radius 3 is 2.05 bits per heavy atom. The number of hydrogen-bond acceptors (Lipinski definition) is 6. The Hall–Kier alpha value is -3.76. The number of methoxy groups -OCH3 is 2. The van der Waals surface area contributed by atoms with Crippen LogP contribution in [-0.2, 0) is 26.2 Å². The van der Waals surface area contributed by atoms with Crippen LogP contribution >= 0.6 is 11.6 Å². The van der Waals surface area contributed by atoms with Crippen LogP contribution in [0.5, 0.6) is 11.5 Å². The van der Waals surface area contributed by atoms with Crippen molar-refractivity contribution in [2.75, 3.05) is 25.1 Å². The number of hydrogen-bond donors (Lipinski definition) is 1. The smallest absolute Gasteiger partial charge is 0.264 e. The SMILES string of the molecule is CCC(C)NC(=O)C(CC)N(Cc1ccc(Cl)cc1)C(=O)CN(c1cc(C)cc(C)c1)S(=O)(=O)c1ccc(OC)c(OC)c1. The molecule has 3 aromatic carbocycles. The maximum Gasteiger partial charge on any atom is 0.264 e. The van der Waals surface area contributed by atoms with Gasteiger partial charge in [-0.05, 0) is 86.7 Å². The van der Waals surface area contributed by atoms with E-state index < -0.39 is 28.5 Å². The molecule has 1 N–H and O–H groups in total. The molecule has 0 heterocycles. The van der Waals surface area contributed by atoms with E-state index in [-0.39, 0.29) is 29.1 Å². The number of nitrogens with zero attached hydrogens (tertiary/aromatic N) is 2. The highest BCUT2D eigenvalue weighted by Gasteiger charge is 2.34. The largest absolute Gasteiger partial charge is 0.493 e. The molecule has 3 aromatic rings. The van der Waals surface area contributed by atoms with E-state index in [0.29, 0.717) is 22.9 Å². The summed E-state index contributed by atoms with van der Waals surface area (Å²) in [7, 11) is -1.41. The van der Waals surface area contributed by atoms with E-state index in [2.05, 4.69) is 5.32 Å². The van der Waals surface area contributed by atoms with Crippen LogP contribution in [-0.4, -0.2) is 58.0 Å². The van der Waals surface area contributed by atoms with E-state index in [4.69, 9.17) is 21.1 Å². The zero-order chi connectivity index (χ0) is 32.6. The lowest BCUT2D eigenvalue weighted by molar-refractivity contribution is -0.140. The van der Waals surface area contributed by atoms with Gasteiger partial charge in [-0.15, -0.1) is 0 Å². The number of nitrogens with one attached hydrogen (secondary N) is 1. The standard InChI is InChI=1S/C33H42ClN3O6S/c1-8-24(5)35-33(39)29(9-2)36(20-25-10-12-26(34)13-11-25)32(38)21-37(27-17-22(3)16-23(4)18-27)44(40,41)28-14-15-30(42-6)31(19-28)43-7/h10-19,24,29H,8-9,20-21H2,1-7H3,(H,35,39). The lowest BCUT2D eigenvalue weighted by Gasteiger charge is -2.34. The number of aryl methyl sites for hydroxylation is 2. The number of amides is 2. The maximum atomic E-state index is 14.3. The molecule has 0 aliphatic carbocycles. The average Bonchev–Trinajstić information content (AvgIpc) is 2.99.